The largest absolute Gasteiger partial charge is 0.496 e. The highest BCUT2D eigenvalue weighted by atomic mass is 16.5. The normalized spacial score (nSPS) is 19.5. The van der Waals surface area contributed by atoms with Gasteiger partial charge in [0.1, 0.15) is 11.5 Å². The molecule has 1 aromatic heterocycles. The van der Waals surface area contributed by atoms with E-state index in [1.54, 1.807) is 21.1 Å². The molecule has 150 valence electrons. The summed E-state index contributed by atoms with van der Waals surface area (Å²) in [6, 6.07) is 6.09. The van der Waals surface area contributed by atoms with Crippen LogP contribution in [0.15, 0.2) is 18.2 Å². The first kappa shape index (κ1) is 18.7. The average Bonchev–Trinajstić information content (AvgIpc) is 3.33. The Balaban J connectivity index is 1.59. The molecule has 2 aliphatic heterocycles. The first-order valence-electron chi connectivity index (χ1n) is 9.73. The third-order valence-electron chi connectivity index (χ3n) is 5.78. The molecule has 8 heteroatoms. The molecule has 2 aromatic rings. The lowest BCUT2D eigenvalue weighted by molar-refractivity contribution is -0.130. The van der Waals surface area contributed by atoms with Gasteiger partial charge in [0.25, 0.3) is 0 Å². The van der Waals surface area contributed by atoms with Crippen LogP contribution in [0.5, 0.6) is 11.5 Å². The zero-order chi connectivity index (χ0) is 19.7. The summed E-state index contributed by atoms with van der Waals surface area (Å²) in [7, 11) is 3.38. The Hall–Kier alpha value is -2.61. The van der Waals surface area contributed by atoms with E-state index in [2.05, 4.69) is 19.7 Å². The molecule has 0 aliphatic carbocycles. The van der Waals surface area contributed by atoms with E-state index in [0.717, 1.165) is 61.2 Å². The van der Waals surface area contributed by atoms with Crippen LogP contribution in [0.4, 0.5) is 0 Å². The Kier molecular flexibility index (Phi) is 5.21. The summed E-state index contributed by atoms with van der Waals surface area (Å²) < 4.78 is 13.3. The molecule has 2 aliphatic rings. The van der Waals surface area contributed by atoms with Gasteiger partial charge in [-0.25, -0.2) is 0 Å². The van der Waals surface area contributed by atoms with Crippen molar-refractivity contribution < 1.29 is 14.3 Å². The minimum Gasteiger partial charge on any atom is -0.496 e. The van der Waals surface area contributed by atoms with E-state index >= 15 is 0 Å². The van der Waals surface area contributed by atoms with Crippen LogP contribution in [0.3, 0.4) is 0 Å². The Labute approximate surface area is 165 Å². The van der Waals surface area contributed by atoms with Crippen molar-refractivity contribution in [2.45, 2.75) is 45.4 Å². The minimum absolute atomic E-state index is 0.0848. The van der Waals surface area contributed by atoms with Crippen LogP contribution in [0, 0.1) is 0 Å². The van der Waals surface area contributed by atoms with E-state index in [4.69, 9.17) is 9.47 Å². The summed E-state index contributed by atoms with van der Waals surface area (Å²) in [6.45, 7) is 5.33. The number of ether oxygens (including phenoxy) is 2. The number of nitrogens with zero attached hydrogens (tertiary/aromatic N) is 5. The summed E-state index contributed by atoms with van der Waals surface area (Å²) in [4.78, 5) is 15.9. The van der Waals surface area contributed by atoms with Crippen LogP contribution in [-0.2, 0) is 24.4 Å². The van der Waals surface area contributed by atoms with Crippen molar-refractivity contribution in [3.05, 3.63) is 35.4 Å². The molecule has 1 saturated heterocycles. The van der Waals surface area contributed by atoms with Crippen LogP contribution in [0.25, 0.3) is 0 Å². The number of rotatable bonds is 5. The molecular weight excluding hydrogens is 358 g/mol. The molecule has 1 fully saturated rings. The first-order valence-corrected chi connectivity index (χ1v) is 9.73. The molecule has 0 saturated carbocycles. The van der Waals surface area contributed by atoms with Gasteiger partial charge >= 0.3 is 0 Å². The topological polar surface area (TPSA) is 72.7 Å². The smallest absolute Gasteiger partial charge is 0.219 e. The predicted octanol–water partition coefficient (Wildman–Crippen LogP) is 1.99. The van der Waals surface area contributed by atoms with Crippen molar-refractivity contribution in [1.82, 2.24) is 24.6 Å². The maximum absolute atomic E-state index is 11.7. The second-order valence-electron chi connectivity index (χ2n) is 7.34. The van der Waals surface area contributed by atoms with Crippen LogP contribution in [0.2, 0.25) is 0 Å². The quantitative estimate of drug-likeness (QED) is 0.784. The number of carbonyl (C=O) groups excluding carboxylic acids is 1. The van der Waals surface area contributed by atoms with Gasteiger partial charge in [-0.1, -0.05) is 6.07 Å². The second kappa shape index (κ2) is 7.79. The molecule has 0 radical (unpaired) electrons. The molecule has 1 atom stereocenters. The van der Waals surface area contributed by atoms with E-state index < -0.39 is 0 Å². The lowest BCUT2D eigenvalue weighted by Crippen LogP contribution is -2.38. The monoisotopic (exact) mass is 385 g/mol. The molecule has 0 N–H and O–H groups in total. The molecule has 1 aromatic carbocycles. The first-order chi connectivity index (χ1) is 13.6. The Morgan fingerprint density at radius 3 is 2.57 bits per heavy atom. The predicted molar refractivity (Wildman–Crippen MR) is 103 cm³/mol. The number of aromatic nitrogens is 3. The number of hydrogen-bond acceptors (Lipinski definition) is 6. The summed E-state index contributed by atoms with van der Waals surface area (Å²) in [5.41, 5.74) is 1.06. The molecule has 4 rings (SSSR count). The van der Waals surface area contributed by atoms with Gasteiger partial charge in [-0.05, 0) is 31.5 Å². The minimum atomic E-state index is 0.0848. The molecule has 0 spiro atoms. The fourth-order valence-electron chi connectivity index (χ4n) is 4.29. The molecule has 0 bridgehead atoms. The van der Waals surface area contributed by atoms with Crippen molar-refractivity contribution >= 4 is 5.91 Å². The fraction of sp³-hybridized carbons (Fsp3) is 0.550. The maximum atomic E-state index is 11.7. The SMILES string of the molecule is COc1cccc(OC)c1CN1CCC[C@H]1c1nnc2n1CCN(C(C)=O)C2. The summed E-state index contributed by atoms with van der Waals surface area (Å²) in [6.07, 6.45) is 2.16. The van der Waals surface area contributed by atoms with Gasteiger partial charge in [-0.3, -0.25) is 9.69 Å². The van der Waals surface area contributed by atoms with Gasteiger partial charge in [0.15, 0.2) is 11.6 Å². The molecule has 0 unspecified atom stereocenters. The fourth-order valence-corrected chi connectivity index (χ4v) is 4.29. The van der Waals surface area contributed by atoms with Crippen molar-refractivity contribution in [3.63, 3.8) is 0 Å². The third-order valence-corrected chi connectivity index (χ3v) is 5.78. The highest BCUT2D eigenvalue weighted by Gasteiger charge is 2.33. The number of carbonyl (C=O) groups is 1. The Morgan fingerprint density at radius 1 is 1.14 bits per heavy atom. The van der Waals surface area contributed by atoms with E-state index in [9.17, 15) is 4.79 Å². The van der Waals surface area contributed by atoms with Crippen molar-refractivity contribution in [1.29, 1.82) is 0 Å². The van der Waals surface area contributed by atoms with E-state index in [0.29, 0.717) is 13.1 Å². The zero-order valence-corrected chi connectivity index (χ0v) is 16.7. The highest BCUT2D eigenvalue weighted by molar-refractivity contribution is 5.73. The summed E-state index contributed by atoms with van der Waals surface area (Å²) in [5.74, 6) is 3.64. The number of hydrogen-bond donors (Lipinski definition) is 0. The number of benzene rings is 1. The van der Waals surface area contributed by atoms with E-state index in [-0.39, 0.29) is 11.9 Å². The zero-order valence-electron chi connectivity index (χ0n) is 16.7. The molecule has 1 amide bonds. The van der Waals surface area contributed by atoms with Gasteiger partial charge in [0, 0.05) is 26.6 Å². The van der Waals surface area contributed by atoms with Crippen molar-refractivity contribution in [3.8, 4) is 11.5 Å². The lowest BCUT2D eigenvalue weighted by atomic mass is 10.1. The van der Waals surface area contributed by atoms with Gasteiger partial charge in [0.05, 0.1) is 32.4 Å². The van der Waals surface area contributed by atoms with Gasteiger partial charge in [-0.15, -0.1) is 10.2 Å². The molecule has 28 heavy (non-hydrogen) atoms. The lowest BCUT2D eigenvalue weighted by Gasteiger charge is -2.29. The molecular formula is C20H27N5O3. The maximum Gasteiger partial charge on any atom is 0.219 e. The third kappa shape index (κ3) is 3.32. The summed E-state index contributed by atoms with van der Waals surface area (Å²) >= 11 is 0. The Morgan fingerprint density at radius 2 is 1.89 bits per heavy atom. The summed E-state index contributed by atoms with van der Waals surface area (Å²) in [5, 5.41) is 8.91. The van der Waals surface area contributed by atoms with Crippen LogP contribution >= 0.6 is 0 Å². The van der Waals surface area contributed by atoms with Crippen LogP contribution in [0.1, 0.15) is 43.0 Å². The van der Waals surface area contributed by atoms with Crippen molar-refractivity contribution in [2.75, 3.05) is 27.3 Å². The van der Waals surface area contributed by atoms with Crippen LogP contribution < -0.4 is 9.47 Å². The van der Waals surface area contributed by atoms with E-state index in [1.165, 1.54) is 0 Å². The van der Waals surface area contributed by atoms with Crippen LogP contribution in [-0.4, -0.2) is 57.8 Å². The number of likely N-dealkylation sites (tertiary alicyclic amines) is 1. The number of fused-ring (bicyclic) bond motifs is 1. The van der Waals surface area contributed by atoms with Gasteiger partial charge in [0.2, 0.25) is 5.91 Å². The van der Waals surface area contributed by atoms with E-state index in [1.807, 2.05) is 23.1 Å². The average molecular weight is 385 g/mol. The number of amides is 1. The molecule has 8 nitrogen and oxygen atoms in total. The standard InChI is InChI=1S/C20H27N5O3/c1-14(26)23-10-11-25-19(13-23)21-22-20(25)16-6-5-9-24(16)12-15-17(27-2)7-4-8-18(15)28-3/h4,7-8,16H,5-6,9-13H2,1-3H3/t16-/m0/s1. The Bertz CT molecular complexity index is 843. The second-order valence-corrected chi connectivity index (χ2v) is 7.34. The molecule has 3 heterocycles. The number of methoxy groups -OCH3 is 2. The van der Waals surface area contributed by atoms with Gasteiger partial charge < -0.3 is 18.9 Å². The highest BCUT2D eigenvalue weighted by Crippen LogP contribution is 2.37. The van der Waals surface area contributed by atoms with Gasteiger partial charge in [-0.2, -0.15) is 0 Å². The van der Waals surface area contributed by atoms with Crippen molar-refractivity contribution in [2.24, 2.45) is 0 Å².